The molecule has 0 aliphatic rings. The molecule has 0 aromatic heterocycles. The van der Waals surface area contributed by atoms with Gasteiger partial charge in [0, 0.05) is 24.9 Å². The van der Waals surface area contributed by atoms with E-state index in [-0.39, 0.29) is 24.0 Å². The zero-order valence-electron chi connectivity index (χ0n) is 14.5. The normalized spacial score (nSPS) is 11.3. The molecule has 0 saturated heterocycles. The van der Waals surface area contributed by atoms with Gasteiger partial charge in [-0.3, -0.25) is 4.79 Å². The van der Waals surface area contributed by atoms with Crippen LogP contribution in [0.15, 0.2) is 47.4 Å². The summed E-state index contributed by atoms with van der Waals surface area (Å²) in [5.74, 6) is -0.352. The summed E-state index contributed by atoms with van der Waals surface area (Å²) in [6.45, 7) is 4.16. The van der Waals surface area contributed by atoms with Crippen LogP contribution in [0.2, 0.25) is 0 Å². The highest BCUT2D eigenvalue weighted by molar-refractivity contribution is 7.89. The lowest BCUT2D eigenvalue weighted by atomic mass is 10.1. The molecule has 0 atom stereocenters. The maximum atomic E-state index is 12.5. The van der Waals surface area contributed by atoms with Crippen molar-refractivity contribution in [3.63, 3.8) is 0 Å². The molecular weight excluding hydrogens is 340 g/mol. The molecule has 2 rings (SSSR count). The standard InChI is InChI=1S/C18H22N2O4S/c1-13-4-7-15(8-5-13)20-18(21)17-12-16(9-6-14(17)2)25(22,23)19-10-11-24-3/h4-9,12,19H,10-11H2,1-3H3,(H,20,21). The van der Waals surface area contributed by atoms with Crippen LogP contribution in [0, 0.1) is 13.8 Å². The highest BCUT2D eigenvalue weighted by atomic mass is 32.2. The van der Waals surface area contributed by atoms with Crippen molar-refractivity contribution >= 4 is 21.6 Å². The number of amides is 1. The molecule has 0 saturated carbocycles. The molecule has 0 radical (unpaired) electrons. The summed E-state index contributed by atoms with van der Waals surface area (Å²) in [5.41, 5.74) is 2.75. The van der Waals surface area contributed by atoms with Crippen LogP contribution in [0.25, 0.3) is 0 Å². The van der Waals surface area contributed by atoms with Crippen molar-refractivity contribution in [3.05, 3.63) is 59.2 Å². The molecule has 1 amide bonds. The van der Waals surface area contributed by atoms with Crippen LogP contribution in [0.4, 0.5) is 5.69 Å². The highest BCUT2D eigenvalue weighted by Gasteiger charge is 2.17. The maximum Gasteiger partial charge on any atom is 0.255 e. The zero-order chi connectivity index (χ0) is 18.4. The molecule has 6 nitrogen and oxygen atoms in total. The first-order valence-corrected chi connectivity index (χ1v) is 9.29. The summed E-state index contributed by atoms with van der Waals surface area (Å²) < 4.78 is 31.9. The minimum atomic E-state index is -3.69. The van der Waals surface area contributed by atoms with Crippen LogP contribution in [-0.2, 0) is 14.8 Å². The first-order chi connectivity index (χ1) is 11.8. The quantitative estimate of drug-likeness (QED) is 0.741. The lowest BCUT2D eigenvalue weighted by Crippen LogP contribution is -2.27. The highest BCUT2D eigenvalue weighted by Crippen LogP contribution is 2.18. The average molecular weight is 362 g/mol. The van der Waals surface area contributed by atoms with E-state index in [9.17, 15) is 13.2 Å². The molecule has 0 spiro atoms. The van der Waals surface area contributed by atoms with Gasteiger partial charge in [0.15, 0.2) is 0 Å². The summed E-state index contributed by atoms with van der Waals surface area (Å²) in [6, 6.07) is 11.9. The van der Waals surface area contributed by atoms with Crippen LogP contribution in [0.1, 0.15) is 21.5 Å². The Morgan fingerprint density at radius 1 is 1.08 bits per heavy atom. The molecule has 0 heterocycles. The van der Waals surface area contributed by atoms with Gasteiger partial charge in [0.1, 0.15) is 0 Å². The summed E-state index contributed by atoms with van der Waals surface area (Å²) in [7, 11) is -2.20. The predicted molar refractivity (Wildman–Crippen MR) is 97.4 cm³/mol. The van der Waals surface area contributed by atoms with Crippen molar-refractivity contribution in [2.75, 3.05) is 25.6 Å². The Balaban J connectivity index is 2.23. The molecule has 7 heteroatoms. The molecule has 0 aliphatic carbocycles. The number of rotatable bonds is 7. The van der Waals surface area contributed by atoms with E-state index >= 15 is 0 Å². The monoisotopic (exact) mass is 362 g/mol. The van der Waals surface area contributed by atoms with Gasteiger partial charge >= 0.3 is 0 Å². The summed E-state index contributed by atoms with van der Waals surface area (Å²) in [6.07, 6.45) is 0. The molecule has 25 heavy (non-hydrogen) atoms. The number of benzene rings is 2. The van der Waals surface area contributed by atoms with E-state index in [4.69, 9.17) is 4.74 Å². The average Bonchev–Trinajstić information content (AvgIpc) is 2.57. The molecule has 134 valence electrons. The van der Waals surface area contributed by atoms with E-state index in [1.54, 1.807) is 25.1 Å². The second-order valence-corrected chi connectivity index (χ2v) is 7.45. The lowest BCUT2D eigenvalue weighted by molar-refractivity contribution is 0.102. The number of aryl methyl sites for hydroxylation is 2. The largest absolute Gasteiger partial charge is 0.383 e. The van der Waals surface area contributed by atoms with E-state index in [1.807, 2.05) is 19.1 Å². The number of ether oxygens (including phenoxy) is 1. The second kappa shape index (κ2) is 8.24. The molecule has 2 aromatic rings. The molecule has 2 N–H and O–H groups in total. The van der Waals surface area contributed by atoms with Crippen molar-refractivity contribution in [1.29, 1.82) is 0 Å². The third-order valence-corrected chi connectivity index (χ3v) is 5.13. The fourth-order valence-corrected chi connectivity index (χ4v) is 3.25. The van der Waals surface area contributed by atoms with Crippen molar-refractivity contribution in [2.45, 2.75) is 18.7 Å². The van der Waals surface area contributed by atoms with Gasteiger partial charge in [0.05, 0.1) is 11.5 Å². The smallest absolute Gasteiger partial charge is 0.255 e. The van der Waals surface area contributed by atoms with E-state index < -0.39 is 10.0 Å². The Hall–Kier alpha value is -2.22. The number of anilines is 1. The van der Waals surface area contributed by atoms with Gasteiger partial charge in [-0.25, -0.2) is 13.1 Å². The van der Waals surface area contributed by atoms with Gasteiger partial charge in [0.25, 0.3) is 5.91 Å². The third-order valence-electron chi connectivity index (χ3n) is 3.67. The summed E-state index contributed by atoms with van der Waals surface area (Å²) in [5, 5.41) is 2.78. The summed E-state index contributed by atoms with van der Waals surface area (Å²) in [4.78, 5) is 12.6. The molecule has 0 bridgehead atoms. The van der Waals surface area contributed by atoms with Gasteiger partial charge in [-0.15, -0.1) is 0 Å². The van der Waals surface area contributed by atoms with Crippen molar-refractivity contribution in [1.82, 2.24) is 4.72 Å². The Kier molecular flexibility index (Phi) is 6.30. The Morgan fingerprint density at radius 2 is 1.76 bits per heavy atom. The van der Waals surface area contributed by atoms with Crippen molar-refractivity contribution < 1.29 is 17.9 Å². The Bertz CT molecular complexity index is 846. The Labute approximate surface area is 148 Å². The van der Waals surface area contributed by atoms with Gasteiger partial charge in [0.2, 0.25) is 10.0 Å². The topological polar surface area (TPSA) is 84.5 Å². The molecule has 0 unspecified atom stereocenters. The Morgan fingerprint density at radius 3 is 2.40 bits per heavy atom. The van der Waals surface area contributed by atoms with Gasteiger partial charge < -0.3 is 10.1 Å². The van der Waals surface area contributed by atoms with Gasteiger partial charge in [-0.2, -0.15) is 0 Å². The SMILES string of the molecule is COCCNS(=O)(=O)c1ccc(C)c(C(=O)Nc2ccc(C)cc2)c1. The van der Waals surface area contributed by atoms with Crippen molar-refractivity contribution in [3.8, 4) is 0 Å². The maximum absolute atomic E-state index is 12.5. The van der Waals surface area contributed by atoms with E-state index in [0.717, 1.165) is 5.56 Å². The van der Waals surface area contributed by atoms with Crippen LogP contribution in [0.5, 0.6) is 0 Å². The van der Waals surface area contributed by atoms with Crippen molar-refractivity contribution in [2.24, 2.45) is 0 Å². The molecular formula is C18H22N2O4S. The minimum absolute atomic E-state index is 0.0447. The fraction of sp³-hybridized carbons (Fsp3) is 0.278. The molecule has 0 fully saturated rings. The predicted octanol–water partition coefficient (Wildman–Crippen LogP) is 2.48. The van der Waals surface area contributed by atoms with Crippen LogP contribution in [0.3, 0.4) is 0 Å². The fourth-order valence-electron chi connectivity index (χ4n) is 2.21. The number of methoxy groups -OCH3 is 1. The van der Waals surface area contributed by atoms with Crippen LogP contribution in [-0.4, -0.2) is 34.6 Å². The third kappa shape index (κ3) is 5.12. The zero-order valence-corrected chi connectivity index (χ0v) is 15.3. The molecule has 0 aliphatic heterocycles. The van der Waals surface area contributed by atoms with E-state index in [2.05, 4.69) is 10.0 Å². The second-order valence-electron chi connectivity index (χ2n) is 5.69. The number of nitrogens with one attached hydrogen (secondary N) is 2. The number of hydrogen-bond donors (Lipinski definition) is 2. The lowest BCUT2D eigenvalue weighted by Gasteiger charge is -2.11. The number of carbonyl (C=O) groups excluding carboxylic acids is 1. The van der Waals surface area contributed by atoms with E-state index in [1.165, 1.54) is 19.2 Å². The van der Waals surface area contributed by atoms with Crippen LogP contribution >= 0.6 is 0 Å². The number of hydrogen-bond acceptors (Lipinski definition) is 4. The van der Waals surface area contributed by atoms with Crippen LogP contribution < -0.4 is 10.0 Å². The first kappa shape index (κ1) is 19.1. The van der Waals surface area contributed by atoms with Gasteiger partial charge in [-0.05, 0) is 43.7 Å². The molecule has 2 aromatic carbocycles. The minimum Gasteiger partial charge on any atom is -0.383 e. The van der Waals surface area contributed by atoms with E-state index in [0.29, 0.717) is 16.8 Å². The first-order valence-electron chi connectivity index (χ1n) is 7.81. The number of sulfonamides is 1. The number of carbonyl (C=O) groups is 1. The summed E-state index contributed by atoms with van der Waals surface area (Å²) >= 11 is 0. The van der Waals surface area contributed by atoms with Gasteiger partial charge in [-0.1, -0.05) is 23.8 Å².